The van der Waals surface area contributed by atoms with Crippen molar-refractivity contribution in [2.75, 3.05) is 26.7 Å². The molecule has 112 valence electrons. The lowest BCUT2D eigenvalue weighted by atomic mass is 9.84. The molecule has 1 aromatic rings. The third-order valence-electron chi connectivity index (χ3n) is 4.12. The molecule has 2 rings (SSSR count). The summed E-state index contributed by atoms with van der Waals surface area (Å²) in [4.78, 5) is 2.61. The minimum atomic E-state index is 0.441. The average molecular weight is 360 g/mol. The molecule has 0 aromatic heterocycles. The molecule has 0 spiro atoms. The fourth-order valence-electron chi connectivity index (χ4n) is 3.36. The number of benzene rings is 1. The molecule has 4 heteroatoms. The van der Waals surface area contributed by atoms with Gasteiger partial charge in [-0.25, -0.2) is 0 Å². The molecule has 1 heterocycles. The lowest BCUT2D eigenvalue weighted by Gasteiger charge is -2.42. The van der Waals surface area contributed by atoms with E-state index in [1.807, 2.05) is 13.1 Å². The van der Waals surface area contributed by atoms with Crippen molar-refractivity contribution >= 4 is 27.5 Å². The van der Waals surface area contributed by atoms with Crippen molar-refractivity contribution in [2.24, 2.45) is 5.92 Å². The van der Waals surface area contributed by atoms with E-state index in [4.69, 9.17) is 11.6 Å². The Hall–Kier alpha value is -0.0900. The molecule has 2 atom stereocenters. The van der Waals surface area contributed by atoms with Crippen LogP contribution in [-0.2, 0) is 0 Å². The summed E-state index contributed by atoms with van der Waals surface area (Å²) in [5, 5.41) is 4.23. The molecular weight excluding hydrogens is 336 g/mol. The van der Waals surface area contributed by atoms with Gasteiger partial charge in [0, 0.05) is 15.5 Å². The molecule has 20 heavy (non-hydrogen) atoms. The number of halogens is 2. The van der Waals surface area contributed by atoms with Crippen LogP contribution in [0.2, 0.25) is 5.02 Å². The second kappa shape index (κ2) is 7.79. The zero-order chi connectivity index (χ0) is 14.5. The van der Waals surface area contributed by atoms with E-state index in [1.165, 1.54) is 31.4 Å². The SMILES string of the molecule is CCCN1CCCC(CNC)C1c1ccc(Br)cc1Cl. The molecule has 0 saturated carbocycles. The van der Waals surface area contributed by atoms with Crippen LogP contribution in [0.1, 0.15) is 37.8 Å². The quantitative estimate of drug-likeness (QED) is 0.833. The molecule has 1 fully saturated rings. The maximum absolute atomic E-state index is 6.52. The van der Waals surface area contributed by atoms with Crippen molar-refractivity contribution in [2.45, 2.75) is 32.2 Å². The van der Waals surface area contributed by atoms with Gasteiger partial charge in [-0.3, -0.25) is 4.90 Å². The van der Waals surface area contributed by atoms with E-state index >= 15 is 0 Å². The number of hydrogen-bond acceptors (Lipinski definition) is 2. The maximum Gasteiger partial charge on any atom is 0.0465 e. The molecular formula is C16H24BrClN2. The highest BCUT2D eigenvalue weighted by atomic mass is 79.9. The first kappa shape index (κ1) is 16.3. The van der Waals surface area contributed by atoms with Gasteiger partial charge in [-0.2, -0.15) is 0 Å². The summed E-state index contributed by atoms with van der Waals surface area (Å²) in [5.41, 5.74) is 1.28. The van der Waals surface area contributed by atoms with Crippen molar-refractivity contribution in [3.8, 4) is 0 Å². The van der Waals surface area contributed by atoms with Crippen LogP contribution in [0, 0.1) is 5.92 Å². The Morgan fingerprint density at radius 2 is 2.25 bits per heavy atom. The highest BCUT2D eigenvalue weighted by Gasteiger charge is 2.32. The van der Waals surface area contributed by atoms with Gasteiger partial charge < -0.3 is 5.32 Å². The summed E-state index contributed by atoms with van der Waals surface area (Å²) in [6, 6.07) is 6.76. The van der Waals surface area contributed by atoms with Crippen LogP contribution >= 0.6 is 27.5 Å². The second-order valence-electron chi connectivity index (χ2n) is 5.61. The van der Waals surface area contributed by atoms with Gasteiger partial charge in [0.05, 0.1) is 0 Å². The zero-order valence-corrected chi connectivity index (χ0v) is 14.7. The van der Waals surface area contributed by atoms with Crippen LogP contribution < -0.4 is 5.32 Å². The first-order valence-corrected chi connectivity index (χ1v) is 8.68. The van der Waals surface area contributed by atoms with E-state index in [-0.39, 0.29) is 0 Å². The predicted molar refractivity (Wildman–Crippen MR) is 90.4 cm³/mol. The smallest absolute Gasteiger partial charge is 0.0465 e. The Bertz CT molecular complexity index is 420. The zero-order valence-electron chi connectivity index (χ0n) is 12.3. The number of nitrogens with zero attached hydrogens (tertiary/aromatic N) is 1. The lowest BCUT2D eigenvalue weighted by Crippen LogP contribution is -2.42. The van der Waals surface area contributed by atoms with Gasteiger partial charge in [0.15, 0.2) is 0 Å². The summed E-state index contributed by atoms with van der Waals surface area (Å²) in [7, 11) is 2.04. The summed E-state index contributed by atoms with van der Waals surface area (Å²) < 4.78 is 1.05. The third-order valence-corrected chi connectivity index (χ3v) is 4.94. The number of likely N-dealkylation sites (tertiary alicyclic amines) is 1. The van der Waals surface area contributed by atoms with Gasteiger partial charge >= 0.3 is 0 Å². The van der Waals surface area contributed by atoms with E-state index in [1.54, 1.807) is 0 Å². The van der Waals surface area contributed by atoms with Crippen molar-refractivity contribution in [1.82, 2.24) is 10.2 Å². The van der Waals surface area contributed by atoms with Crippen molar-refractivity contribution in [1.29, 1.82) is 0 Å². The minimum Gasteiger partial charge on any atom is -0.319 e. The molecule has 0 radical (unpaired) electrons. The normalized spacial score (nSPS) is 24.0. The number of hydrogen-bond donors (Lipinski definition) is 1. The number of piperidine rings is 1. The van der Waals surface area contributed by atoms with Crippen LogP contribution in [0.15, 0.2) is 22.7 Å². The average Bonchev–Trinajstić information content (AvgIpc) is 2.41. The monoisotopic (exact) mass is 358 g/mol. The summed E-state index contributed by atoms with van der Waals surface area (Å²) in [5.74, 6) is 0.638. The number of rotatable bonds is 5. The molecule has 2 nitrogen and oxygen atoms in total. The van der Waals surface area contributed by atoms with E-state index in [0.29, 0.717) is 12.0 Å². The van der Waals surface area contributed by atoms with Crippen LogP contribution in [-0.4, -0.2) is 31.6 Å². The first-order chi connectivity index (χ1) is 9.67. The van der Waals surface area contributed by atoms with Gasteiger partial charge in [0.25, 0.3) is 0 Å². The summed E-state index contributed by atoms with van der Waals surface area (Å²) in [6.07, 6.45) is 3.76. The molecule has 1 saturated heterocycles. The van der Waals surface area contributed by atoms with Crippen LogP contribution in [0.5, 0.6) is 0 Å². The van der Waals surface area contributed by atoms with Gasteiger partial charge in [-0.05, 0) is 69.6 Å². The largest absolute Gasteiger partial charge is 0.319 e. The molecule has 0 bridgehead atoms. The molecule has 1 aliphatic heterocycles. The fraction of sp³-hybridized carbons (Fsp3) is 0.625. The minimum absolute atomic E-state index is 0.441. The first-order valence-electron chi connectivity index (χ1n) is 7.51. The van der Waals surface area contributed by atoms with Crippen molar-refractivity contribution < 1.29 is 0 Å². The van der Waals surface area contributed by atoms with Gasteiger partial charge in [0.2, 0.25) is 0 Å². The van der Waals surface area contributed by atoms with Gasteiger partial charge in [-0.1, -0.05) is 40.5 Å². The number of nitrogens with one attached hydrogen (secondary N) is 1. The van der Waals surface area contributed by atoms with E-state index in [9.17, 15) is 0 Å². The lowest BCUT2D eigenvalue weighted by molar-refractivity contribution is 0.0925. The Morgan fingerprint density at radius 3 is 2.90 bits per heavy atom. The predicted octanol–water partition coefficient (Wildman–Crippen LogP) is 4.49. The van der Waals surface area contributed by atoms with Gasteiger partial charge in [-0.15, -0.1) is 0 Å². The third kappa shape index (κ3) is 3.76. The topological polar surface area (TPSA) is 15.3 Å². The Morgan fingerprint density at radius 1 is 1.45 bits per heavy atom. The molecule has 2 unspecified atom stereocenters. The molecule has 1 aliphatic rings. The standard InChI is InChI=1S/C16H24BrClN2/c1-3-8-20-9-4-5-12(11-19-2)16(20)14-7-6-13(17)10-15(14)18/h6-7,10,12,16,19H,3-5,8-9,11H2,1-2H3. The molecule has 1 N–H and O–H groups in total. The molecule has 0 aliphatic carbocycles. The van der Waals surface area contributed by atoms with Crippen LogP contribution in [0.25, 0.3) is 0 Å². The van der Waals surface area contributed by atoms with Crippen molar-refractivity contribution in [3.63, 3.8) is 0 Å². The van der Waals surface area contributed by atoms with Crippen LogP contribution in [0.4, 0.5) is 0 Å². The van der Waals surface area contributed by atoms with Crippen LogP contribution in [0.3, 0.4) is 0 Å². The van der Waals surface area contributed by atoms with E-state index < -0.39 is 0 Å². The Balaban J connectivity index is 2.32. The Labute approximate surface area is 136 Å². The maximum atomic E-state index is 6.52. The van der Waals surface area contributed by atoms with E-state index in [0.717, 1.165) is 22.6 Å². The van der Waals surface area contributed by atoms with Gasteiger partial charge in [0.1, 0.15) is 0 Å². The Kier molecular flexibility index (Phi) is 6.34. The summed E-state index contributed by atoms with van der Waals surface area (Å²) >= 11 is 10.0. The highest BCUT2D eigenvalue weighted by Crippen LogP contribution is 2.39. The summed E-state index contributed by atoms with van der Waals surface area (Å²) in [6.45, 7) is 5.64. The van der Waals surface area contributed by atoms with Crippen molar-refractivity contribution in [3.05, 3.63) is 33.3 Å². The molecule has 1 aromatic carbocycles. The fourth-order valence-corrected chi connectivity index (χ4v) is 4.14. The highest BCUT2D eigenvalue weighted by molar-refractivity contribution is 9.10. The molecule has 0 amide bonds. The van der Waals surface area contributed by atoms with E-state index in [2.05, 4.69) is 45.2 Å². The second-order valence-corrected chi connectivity index (χ2v) is 6.93.